The number of rotatable bonds is 0. The molecule has 2 aliphatic carbocycles. The van der Waals surface area contributed by atoms with Gasteiger partial charge in [-0.05, 0) is 35.8 Å². The van der Waals surface area contributed by atoms with Gasteiger partial charge in [-0.15, -0.1) is 0 Å². The van der Waals surface area contributed by atoms with Crippen molar-refractivity contribution in [2.24, 2.45) is 5.92 Å². The summed E-state index contributed by atoms with van der Waals surface area (Å²) in [6.45, 7) is 0. The van der Waals surface area contributed by atoms with Crippen molar-refractivity contribution in [2.75, 3.05) is 0 Å². The van der Waals surface area contributed by atoms with Crippen molar-refractivity contribution in [3.63, 3.8) is 0 Å². The normalized spacial score (nSPS) is 41.3. The molecule has 2 fully saturated rings. The van der Waals surface area contributed by atoms with Crippen LogP contribution in [0.25, 0.3) is 0 Å². The van der Waals surface area contributed by atoms with E-state index in [1.54, 1.807) is 5.56 Å². The van der Waals surface area contributed by atoms with E-state index in [4.69, 9.17) is 4.74 Å². The molecule has 1 heterocycles. The molecule has 4 rings (SSSR count). The van der Waals surface area contributed by atoms with Crippen LogP contribution in [0.2, 0.25) is 0 Å². The van der Waals surface area contributed by atoms with Crippen molar-refractivity contribution >= 4 is 0 Å². The summed E-state index contributed by atoms with van der Waals surface area (Å²) in [7, 11) is 0. The quantitative estimate of drug-likeness (QED) is 0.585. The molecule has 78 valence electrons. The first-order valence-corrected chi connectivity index (χ1v) is 6.19. The molecule has 0 N–H and O–H groups in total. The lowest BCUT2D eigenvalue weighted by molar-refractivity contribution is 0.237. The summed E-state index contributed by atoms with van der Waals surface area (Å²) in [4.78, 5) is 0. The van der Waals surface area contributed by atoms with Gasteiger partial charge in [0.15, 0.2) is 0 Å². The maximum Gasteiger partial charge on any atom is 0.110 e. The molecule has 0 aromatic heterocycles. The third-order valence-electron chi connectivity index (χ3n) is 4.47. The molecule has 0 bridgehead atoms. The van der Waals surface area contributed by atoms with E-state index in [1.807, 2.05) is 0 Å². The molecule has 1 heteroatoms. The molecule has 15 heavy (non-hydrogen) atoms. The molecule has 1 aliphatic heterocycles. The van der Waals surface area contributed by atoms with Gasteiger partial charge in [0, 0.05) is 0 Å². The molecule has 4 atom stereocenters. The van der Waals surface area contributed by atoms with Gasteiger partial charge in [-0.2, -0.15) is 0 Å². The Morgan fingerprint density at radius 3 is 2.73 bits per heavy atom. The molecular weight excluding hydrogens is 184 g/mol. The highest BCUT2D eigenvalue weighted by atomic mass is 16.6. The standard InChI is InChI=1S/C14H16O/c1-3-7-11-9(5-1)10-6-2-4-8-12(10)14-13(11)15-14/h1,3,5,7,10,12-14H,2,4,6,8H2/t10-,12+,13+,14-/m0/s1. The minimum Gasteiger partial charge on any atom is -0.364 e. The van der Waals surface area contributed by atoms with Crippen molar-refractivity contribution in [1.82, 2.24) is 0 Å². The minimum absolute atomic E-state index is 0.459. The van der Waals surface area contributed by atoms with Crippen LogP contribution < -0.4 is 0 Å². The predicted octanol–water partition coefficient (Wildman–Crippen LogP) is 3.41. The van der Waals surface area contributed by atoms with Crippen molar-refractivity contribution in [2.45, 2.75) is 43.8 Å². The minimum atomic E-state index is 0.459. The first-order chi connectivity index (χ1) is 7.45. The molecule has 1 saturated heterocycles. The Bertz CT molecular complexity index is 398. The predicted molar refractivity (Wildman–Crippen MR) is 58.8 cm³/mol. The fraction of sp³-hybridized carbons (Fsp3) is 0.571. The van der Waals surface area contributed by atoms with E-state index in [-0.39, 0.29) is 0 Å². The second-order valence-electron chi connectivity index (χ2n) is 5.21. The van der Waals surface area contributed by atoms with Crippen LogP contribution in [0.3, 0.4) is 0 Å². The van der Waals surface area contributed by atoms with Crippen molar-refractivity contribution in [3.8, 4) is 0 Å². The van der Waals surface area contributed by atoms with Crippen LogP contribution in [0.4, 0.5) is 0 Å². The van der Waals surface area contributed by atoms with Crippen LogP contribution in [0.1, 0.15) is 48.8 Å². The van der Waals surface area contributed by atoms with Gasteiger partial charge in [-0.1, -0.05) is 37.1 Å². The molecule has 3 aliphatic rings. The van der Waals surface area contributed by atoms with Crippen LogP contribution in [0, 0.1) is 5.92 Å². The van der Waals surface area contributed by atoms with E-state index < -0.39 is 0 Å². The lowest BCUT2D eigenvalue weighted by atomic mass is 9.68. The zero-order valence-electron chi connectivity index (χ0n) is 8.86. The number of benzene rings is 1. The first-order valence-electron chi connectivity index (χ1n) is 6.19. The number of ether oxygens (including phenoxy) is 1. The second kappa shape index (κ2) is 2.85. The third-order valence-corrected chi connectivity index (χ3v) is 4.47. The average molecular weight is 200 g/mol. The Morgan fingerprint density at radius 1 is 1.00 bits per heavy atom. The molecule has 1 nitrogen and oxygen atoms in total. The monoisotopic (exact) mass is 200 g/mol. The Labute approximate surface area is 90.4 Å². The van der Waals surface area contributed by atoms with E-state index in [0.717, 1.165) is 11.8 Å². The summed E-state index contributed by atoms with van der Waals surface area (Å²) in [6.07, 6.45) is 6.63. The Kier molecular flexibility index (Phi) is 1.59. The van der Waals surface area contributed by atoms with Crippen LogP contribution in [0.5, 0.6) is 0 Å². The van der Waals surface area contributed by atoms with Crippen molar-refractivity contribution < 1.29 is 4.74 Å². The van der Waals surface area contributed by atoms with Gasteiger partial charge in [-0.25, -0.2) is 0 Å². The summed E-state index contributed by atoms with van der Waals surface area (Å²) in [6, 6.07) is 8.94. The maximum atomic E-state index is 5.87. The van der Waals surface area contributed by atoms with Crippen LogP contribution >= 0.6 is 0 Å². The van der Waals surface area contributed by atoms with E-state index in [2.05, 4.69) is 24.3 Å². The summed E-state index contributed by atoms with van der Waals surface area (Å²) in [5.41, 5.74) is 3.09. The Morgan fingerprint density at radius 2 is 1.80 bits per heavy atom. The molecule has 0 unspecified atom stereocenters. The van der Waals surface area contributed by atoms with Gasteiger partial charge < -0.3 is 4.74 Å². The summed E-state index contributed by atoms with van der Waals surface area (Å²) >= 11 is 0. The maximum absolute atomic E-state index is 5.87. The number of hydrogen-bond acceptors (Lipinski definition) is 1. The first kappa shape index (κ1) is 8.35. The molecule has 0 radical (unpaired) electrons. The largest absolute Gasteiger partial charge is 0.364 e. The van der Waals surface area contributed by atoms with E-state index >= 15 is 0 Å². The zero-order chi connectivity index (χ0) is 9.83. The van der Waals surface area contributed by atoms with Crippen LogP contribution in [-0.4, -0.2) is 6.10 Å². The Balaban J connectivity index is 1.84. The van der Waals surface area contributed by atoms with Gasteiger partial charge in [-0.3, -0.25) is 0 Å². The van der Waals surface area contributed by atoms with Gasteiger partial charge in [0.05, 0.1) is 6.10 Å². The smallest absolute Gasteiger partial charge is 0.110 e. The number of epoxide rings is 1. The fourth-order valence-electron chi connectivity index (χ4n) is 3.75. The van der Waals surface area contributed by atoms with Gasteiger partial charge in [0.2, 0.25) is 0 Å². The second-order valence-corrected chi connectivity index (χ2v) is 5.21. The fourth-order valence-corrected chi connectivity index (χ4v) is 3.75. The summed E-state index contributed by atoms with van der Waals surface area (Å²) in [5.74, 6) is 1.64. The summed E-state index contributed by atoms with van der Waals surface area (Å²) in [5, 5.41) is 0. The van der Waals surface area contributed by atoms with E-state index in [9.17, 15) is 0 Å². The Hall–Kier alpha value is -0.820. The number of fused-ring (bicyclic) bond motifs is 6. The van der Waals surface area contributed by atoms with E-state index in [1.165, 1.54) is 31.2 Å². The number of hydrogen-bond donors (Lipinski definition) is 0. The highest BCUT2D eigenvalue weighted by Gasteiger charge is 2.53. The molecular formula is C14H16O. The molecule has 1 aromatic carbocycles. The van der Waals surface area contributed by atoms with Crippen molar-refractivity contribution in [1.29, 1.82) is 0 Å². The molecule has 1 aromatic rings. The van der Waals surface area contributed by atoms with Gasteiger partial charge in [0.25, 0.3) is 0 Å². The lowest BCUT2D eigenvalue weighted by Crippen LogP contribution is -2.27. The highest BCUT2D eigenvalue weighted by molar-refractivity contribution is 5.40. The average Bonchev–Trinajstić information content (AvgIpc) is 3.10. The summed E-state index contributed by atoms with van der Waals surface area (Å²) < 4.78 is 5.87. The molecule has 0 amide bonds. The SMILES string of the molecule is c1ccc2c(c1)[C@H]1O[C@H]1[C@@H]1CCCC[C@@H]21. The highest BCUT2D eigenvalue weighted by Crippen LogP contribution is 2.58. The van der Waals surface area contributed by atoms with Gasteiger partial charge in [0.1, 0.15) is 6.10 Å². The van der Waals surface area contributed by atoms with E-state index in [0.29, 0.717) is 12.2 Å². The third kappa shape index (κ3) is 1.07. The van der Waals surface area contributed by atoms with Crippen LogP contribution in [-0.2, 0) is 4.74 Å². The zero-order valence-corrected chi connectivity index (χ0v) is 8.86. The molecule has 0 spiro atoms. The van der Waals surface area contributed by atoms with Crippen LogP contribution in [0.15, 0.2) is 24.3 Å². The lowest BCUT2D eigenvalue weighted by Gasteiger charge is -2.34. The van der Waals surface area contributed by atoms with Crippen molar-refractivity contribution in [3.05, 3.63) is 35.4 Å². The van der Waals surface area contributed by atoms with Gasteiger partial charge >= 0.3 is 0 Å². The molecule has 1 saturated carbocycles. The topological polar surface area (TPSA) is 12.5 Å².